The quantitative estimate of drug-likeness (QED) is 0.728. The fourth-order valence-electron chi connectivity index (χ4n) is 2.41. The van der Waals surface area contributed by atoms with E-state index >= 15 is 0 Å². The number of hydrogen-bond donors (Lipinski definition) is 0. The Morgan fingerprint density at radius 3 is 2.54 bits per heavy atom. The van der Waals surface area contributed by atoms with Crippen LogP contribution in [0.25, 0.3) is 16.9 Å². The van der Waals surface area contributed by atoms with E-state index in [1.807, 2.05) is 50.6 Å². The second-order valence-electron chi connectivity index (χ2n) is 5.10. The van der Waals surface area contributed by atoms with Gasteiger partial charge in [-0.3, -0.25) is 0 Å². The first-order valence-electron chi connectivity index (χ1n) is 8.02. The van der Waals surface area contributed by atoms with Crippen molar-refractivity contribution in [2.24, 2.45) is 0 Å². The van der Waals surface area contributed by atoms with Gasteiger partial charge in [-0.15, -0.1) is 0 Å². The summed E-state index contributed by atoms with van der Waals surface area (Å²) in [6, 6.07) is 4.26. The number of pyridine rings is 1. The molecule has 0 aliphatic rings. The third-order valence-corrected chi connectivity index (χ3v) is 3.60. The van der Waals surface area contributed by atoms with Crippen molar-refractivity contribution >= 4 is 5.65 Å². The average molecular weight is 328 g/mol. The molecule has 3 rings (SSSR count). The number of aromatic nitrogens is 4. The first-order valence-corrected chi connectivity index (χ1v) is 8.02. The summed E-state index contributed by atoms with van der Waals surface area (Å²) in [6.45, 7) is 7.98. The van der Waals surface area contributed by atoms with Gasteiger partial charge in [0.25, 0.3) is 0 Å². The van der Waals surface area contributed by atoms with Gasteiger partial charge >= 0.3 is 6.01 Å². The van der Waals surface area contributed by atoms with Crippen molar-refractivity contribution in [3.8, 4) is 17.3 Å². The average Bonchev–Trinajstić information content (AvgIpc) is 3.02. The summed E-state index contributed by atoms with van der Waals surface area (Å²) >= 11 is 0. The predicted molar refractivity (Wildman–Crippen MR) is 94.3 cm³/mol. The van der Waals surface area contributed by atoms with Crippen LogP contribution in [0, 0.1) is 6.92 Å². The van der Waals surface area contributed by atoms with Crippen LogP contribution < -0.4 is 4.74 Å². The van der Waals surface area contributed by atoms with Crippen molar-refractivity contribution in [3.05, 3.63) is 42.0 Å². The molecule has 6 nitrogen and oxygen atoms in total. The Morgan fingerprint density at radius 2 is 1.88 bits per heavy atom. The fraction of sp³-hybridized carbons (Fsp3) is 0.389. The summed E-state index contributed by atoms with van der Waals surface area (Å²) in [5.41, 5.74) is 4.64. The second kappa shape index (κ2) is 7.88. The molecule has 3 aromatic rings. The monoisotopic (exact) mass is 328 g/mol. The summed E-state index contributed by atoms with van der Waals surface area (Å²) < 4.78 is 12.6. The molecular formula is C18H24N4O2. The minimum absolute atomic E-state index is 0.0621. The van der Waals surface area contributed by atoms with E-state index in [1.54, 1.807) is 20.4 Å². The first kappa shape index (κ1) is 17.9. The van der Waals surface area contributed by atoms with Crippen molar-refractivity contribution in [2.45, 2.75) is 33.8 Å². The minimum Gasteiger partial charge on any atom is -0.467 e. The lowest BCUT2D eigenvalue weighted by Gasteiger charge is -2.13. The standard InChI is InChI=1S/C16H18N4O2.C2H6/c1-10-8-20-9-12(14-5-6-17-16(19-14)22-4)7-13(11(2)21-3)15(20)18-10;1-2/h5-9,11H,1-4H3;1-2H3/t11-;/m1./s1. The number of hydrogen-bond acceptors (Lipinski definition) is 5. The lowest BCUT2D eigenvalue weighted by atomic mass is 10.1. The zero-order valence-electron chi connectivity index (χ0n) is 15.1. The van der Waals surface area contributed by atoms with E-state index in [4.69, 9.17) is 9.47 Å². The normalized spacial score (nSPS) is 11.8. The Morgan fingerprint density at radius 1 is 1.12 bits per heavy atom. The van der Waals surface area contributed by atoms with Gasteiger partial charge in [-0.2, -0.15) is 4.98 Å². The van der Waals surface area contributed by atoms with Crippen molar-refractivity contribution in [1.29, 1.82) is 0 Å². The van der Waals surface area contributed by atoms with E-state index in [9.17, 15) is 0 Å². The number of nitrogens with zero attached hydrogens (tertiary/aromatic N) is 4. The molecule has 0 unspecified atom stereocenters. The van der Waals surface area contributed by atoms with Gasteiger partial charge in [0, 0.05) is 36.8 Å². The van der Waals surface area contributed by atoms with Crippen LogP contribution in [0.5, 0.6) is 6.01 Å². The number of rotatable bonds is 4. The molecule has 0 N–H and O–H groups in total. The zero-order chi connectivity index (χ0) is 17.7. The van der Waals surface area contributed by atoms with Gasteiger partial charge in [0.1, 0.15) is 5.65 Å². The van der Waals surface area contributed by atoms with Gasteiger partial charge in [0.15, 0.2) is 0 Å². The minimum atomic E-state index is -0.0621. The largest absolute Gasteiger partial charge is 0.467 e. The van der Waals surface area contributed by atoms with Crippen LogP contribution >= 0.6 is 0 Å². The lowest BCUT2D eigenvalue weighted by molar-refractivity contribution is 0.120. The molecule has 1 atom stereocenters. The molecule has 3 aromatic heterocycles. The Kier molecular flexibility index (Phi) is 5.87. The molecule has 0 aromatic carbocycles. The smallest absolute Gasteiger partial charge is 0.316 e. The van der Waals surface area contributed by atoms with Crippen LogP contribution in [0.1, 0.15) is 38.1 Å². The highest BCUT2D eigenvalue weighted by molar-refractivity contribution is 5.65. The molecule has 0 bridgehead atoms. The summed E-state index contributed by atoms with van der Waals surface area (Å²) in [7, 11) is 3.25. The number of fused-ring (bicyclic) bond motifs is 1. The van der Waals surface area contributed by atoms with Gasteiger partial charge in [-0.1, -0.05) is 13.8 Å². The predicted octanol–water partition coefficient (Wildman–Crippen LogP) is 3.84. The molecular weight excluding hydrogens is 304 g/mol. The Bertz CT molecular complexity index is 814. The summed E-state index contributed by atoms with van der Waals surface area (Å²) in [4.78, 5) is 13.0. The highest BCUT2D eigenvalue weighted by Crippen LogP contribution is 2.27. The maximum atomic E-state index is 5.48. The van der Waals surface area contributed by atoms with Crippen molar-refractivity contribution in [2.75, 3.05) is 14.2 Å². The van der Waals surface area contributed by atoms with E-state index in [0.717, 1.165) is 28.2 Å². The highest BCUT2D eigenvalue weighted by atomic mass is 16.5. The number of ether oxygens (including phenoxy) is 2. The first-order chi connectivity index (χ1) is 11.6. The maximum absolute atomic E-state index is 5.48. The van der Waals surface area contributed by atoms with Crippen LogP contribution in [0.15, 0.2) is 30.7 Å². The van der Waals surface area contributed by atoms with E-state index in [2.05, 4.69) is 21.0 Å². The second-order valence-corrected chi connectivity index (χ2v) is 5.10. The Hall–Kier alpha value is -2.47. The van der Waals surface area contributed by atoms with E-state index < -0.39 is 0 Å². The summed E-state index contributed by atoms with van der Waals surface area (Å²) in [6.07, 6.45) is 5.61. The van der Waals surface area contributed by atoms with Crippen LogP contribution in [0.3, 0.4) is 0 Å². The number of methoxy groups -OCH3 is 2. The SMILES string of the molecule is CC.COc1nccc(-c2cc([C@@H](C)OC)c3nc(C)cn3c2)n1. The van der Waals surface area contributed by atoms with Crippen molar-refractivity contribution in [1.82, 2.24) is 19.4 Å². The zero-order valence-corrected chi connectivity index (χ0v) is 15.1. The topological polar surface area (TPSA) is 61.5 Å². The number of imidazole rings is 1. The maximum Gasteiger partial charge on any atom is 0.316 e. The molecule has 3 heterocycles. The van der Waals surface area contributed by atoms with E-state index in [1.165, 1.54) is 0 Å². The molecule has 0 radical (unpaired) electrons. The van der Waals surface area contributed by atoms with Gasteiger partial charge in [-0.25, -0.2) is 9.97 Å². The van der Waals surface area contributed by atoms with E-state index in [0.29, 0.717) is 6.01 Å². The van der Waals surface area contributed by atoms with Crippen LogP contribution in [-0.4, -0.2) is 33.6 Å². The Balaban J connectivity index is 0.00000100. The fourth-order valence-corrected chi connectivity index (χ4v) is 2.41. The van der Waals surface area contributed by atoms with Crippen LogP contribution in [0.4, 0.5) is 0 Å². The van der Waals surface area contributed by atoms with Crippen LogP contribution in [-0.2, 0) is 4.74 Å². The van der Waals surface area contributed by atoms with Gasteiger partial charge in [0.05, 0.1) is 24.6 Å². The molecule has 0 fully saturated rings. The molecule has 0 saturated carbocycles. The molecule has 6 heteroatoms. The van der Waals surface area contributed by atoms with Crippen molar-refractivity contribution < 1.29 is 9.47 Å². The Labute approximate surface area is 142 Å². The molecule has 0 spiro atoms. The van der Waals surface area contributed by atoms with Gasteiger partial charge in [-0.05, 0) is 26.0 Å². The third kappa shape index (κ3) is 3.54. The molecule has 0 aliphatic heterocycles. The van der Waals surface area contributed by atoms with Crippen LogP contribution in [0.2, 0.25) is 0 Å². The van der Waals surface area contributed by atoms with Crippen molar-refractivity contribution in [3.63, 3.8) is 0 Å². The van der Waals surface area contributed by atoms with Gasteiger partial charge < -0.3 is 13.9 Å². The summed E-state index contributed by atoms with van der Waals surface area (Å²) in [5.74, 6) is 0. The van der Waals surface area contributed by atoms with E-state index in [-0.39, 0.29) is 6.10 Å². The van der Waals surface area contributed by atoms with Gasteiger partial charge in [0.2, 0.25) is 0 Å². The summed E-state index contributed by atoms with van der Waals surface area (Å²) in [5, 5.41) is 0. The molecule has 0 amide bonds. The molecule has 0 aliphatic carbocycles. The molecule has 0 saturated heterocycles. The third-order valence-electron chi connectivity index (χ3n) is 3.60. The molecule has 24 heavy (non-hydrogen) atoms. The lowest BCUT2D eigenvalue weighted by Crippen LogP contribution is -2.02. The number of aryl methyl sites for hydroxylation is 1. The highest BCUT2D eigenvalue weighted by Gasteiger charge is 2.14. The molecule has 128 valence electrons.